The summed E-state index contributed by atoms with van der Waals surface area (Å²) >= 11 is 0. The largest absolute Gasteiger partial charge is 0.357 e. The highest BCUT2D eigenvalue weighted by atomic mass is 15.2. The van der Waals surface area contributed by atoms with Crippen LogP contribution in [-0.2, 0) is 6.42 Å². The second-order valence-electron chi connectivity index (χ2n) is 8.04. The van der Waals surface area contributed by atoms with Crippen molar-refractivity contribution in [3.05, 3.63) is 47.7 Å². The van der Waals surface area contributed by atoms with Gasteiger partial charge >= 0.3 is 0 Å². The van der Waals surface area contributed by atoms with Crippen LogP contribution in [0.15, 0.2) is 36.4 Å². The van der Waals surface area contributed by atoms with Gasteiger partial charge in [0.15, 0.2) is 0 Å². The lowest BCUT2D eigenvalue weighted by atomic mass is 9.58. The molecule has 1 saturated heterocycles. The van der Waals surface area contributed by atoms with Gasteiger partial charge in [-0.3, -0.25) is 4.90 Å². The predicted molar refractivity (Wildman–Crippen MR) is 90.9 cm³/mol. The zero-order chi connectivity index (χ0) is 14.9. The van der Waals surface area contributed by atoms with Gasteiger partial charge in [-0.15, -0.1) is 0 Å². The lowest BCUT2D eigenvalue weighted by molar-refractivity contribution is 0.0856. The molecule has 0 spiro atoms. The third-order valence-corrected chi connectivity index (χ3v) is 6.95. The van der Waals surface area contributed by atoms with Gasteiger partial charge in [-0.05, 0) is 41.7 Å². The van der Waals surface area contributed by atoms with E-state index in [0.717, 1.165) is 0 Å². The SMILES string of the molecule is C[C@]12CC=CC[C@@]1(C)[C@H]1c3[nH]c4ccccc4c3CCN1C2. The molecule has 0 amide bonds. The summed E-state index contributed by atoms with van der Waals surface area (Å²) in [5.41, 5.74) is 5.16. The van der Waals surface area contributed by atoms with Gasteiger partial charge in [0, 0.05) is 29.7 Å². The van der Waals surface area contributed by atoms with Crippen molar-refractivity contribution < 1.29 is 0 Å². The fraction of sp³-hybridized carbons (Fsp3) is 0.500. The van der Waals surface area contributed by atoms with Crippen molar-refractivity contribution in [1.82, 2.24) is 9.88 Å². The van der Waals surface area contributed by atoms with E-state index in [1.165, 1.54) is 48.9 Å². The molecule has 0 saturated carbocycles. The Kier molecular flexibility index (Phi) is 2.38. The number of benzene rings is 1. The lowest BCUT2D eigenvalue weighted by Gasteiger charge is -2.46. The van der Waals surface area contributed by atoms with Gasteiger partial charge in [0.25, 0.3) is 0 Å². The van der Waals surface area contributed by atoms with Crippen molar-refractivity contribution in [2.75, 3.05) is 13.1 Å². The van der Waals surface area contributed by atoms with Gasteiger partial charge in [0.2, 0.25) is 0 Å². The summed E-state index contributed by atoms with van der Waals surface area (Å²) in [6.07, 6.45) is 8.45. The standard InChI is InChI=1S/C20H24N2/c1-19-10-5-6-11-20(19,2)18-17-15(9-12-22(18)13-19)14-7-3-4-8-16(14)21-17/h3-8,18,21H,9-13H2,1-2H3/t18-,19-,20+/m1/s1. The van der Waals surface area contributed by atoms with E-state index in [-0.39, 0.29) is 0 Å². The van der Waals surface area contributed by atoms with E-state index in [0.29, 0.717) is 16.9 Å². The zero-order valence-corrected chi connectivity index (χ0v) is 13.5. The third kappa shape index (κ3) is 1.40. The maximum Gasteiger partial charge on any atom is 0.0564 e. The highest BCUT2D eigenvalue weighted by Crippen LogP contribution is 2.63. The first-order valence-electron chi connectivity index (χ1n) is 8.61. The number of H-pyrrole nitrogens is 1. The molecule has 2 nitrogen and oxygen atoms in total. The molecule has 0 unspecified atom stereocenters. The normalized spacial score (nSPS) is 37.1. The summed E-state index contributed by atoms with van der Waals surface area (Å²) in [4.78, 5) is 6.55. The van der Waals surface area contributed by atoms with Gasteiger partial charge < -0.3 is 4.98 Å². The molecule has 1 aliphatic carbocycles. The predicted octanol–water partition coefficient (Wildman–Crippen LogP) is 4.44. The Morgan fingerprint density at radius 2 is 1.95 bits per heavy atom. The van der Waals surface area contributed by atoms with Crippen molar-refractivity contribution in [3.8, 4) is 0 Å². The summed E-state index contributed by atoms with van der Waals surface area (Å²) in [7, 11) is 0. The highest BCUT2D eigenvalue weighted by molar-refractivity contribution is 5.85. The van der Waals surface area contributed by atoms with Crippen LogP contribution in [0.25, 0.3) is 10.9 Å². The topological polar surface area (TPSA) is 19.0 Å². The summed E-state index contributed by atoms with van der Waals surface area (Å²) < 4.78 is 0. The first-order valence-corrected chi connectivity index (χ1v) is 8.61. The smallest absolute Gasteiger partial charge is 0.0564 e. The summed E-state index contributed by atoms with van der Waals surface area (Å²) in [5.74, 6) is 0. The second kappa shape index (κ2) is 4.05. The van der Waals surface area contributed by atoms with Crippen molar-refractivity contribution in [2.45, 2.75) is 39.2 Å². The van der Waals surface area contributed by atoms with Crippen LogP contribution in [-0.4, -0.2) is 23.0 Å². The van der Waals surface area contributed by atoms with E-state index in [9.17, 15) is 0 Å². The Labute approximate surface area is 132 Å². The van der Waals surface area contributed by atoms with Gasteiger partial charge in [-0.2, -0.15) is 0 Å². The molecule has 1 N–H and O–H groups in total. The van der Waals surface area contributed by atoms with E-state index in [1.807, 2.05) is 0 Å². The fourth-order valence-corrected chi connectivity index (χ4v) is 5.47. The monoisotopic (exact) mass is 292 g/mol. The third-order valence-electron chi connectivity index (χ3n) is 6.95. The van der Waals surface area contributed by atoms with Crippen LogP contribution < -0.4 is 0 Å². The average Bonchev–Trinajstić information content (AvgIpc) is 2.99. The van der Waals surface area contributed by atoms with Crippen molar-refractivity contribution in [3.63, 3.8) is 0 Å². The van der Waals surface area contributed by atoms with E-state index < -0.39 is 0 Å². The Hall–Kier alpha value is -1.54. The van der Waals surface area contributed by atoms with Crippen molar-refractivity contribution >= 4 is 10.9 Å². The van der Waals surface area contributed by atoms with Gasteiger partial charge in [-0.25, -0.2) is 0 Å². The summed E-state index contributed by atoms with van der Waals surface area (Å²) in [5, 5.41) is 1.45. The number of hydrogen-bond acceptors (Lipinski definition) is 1. The molecule has 2 heteroatoms. The molecule has 2 aliphatic heterocycles. The minimum absolute atomic E-state index is 0.345. The molecule has 0 radical (unpaired) electrons. The van der Waals surface area contributed by atoms with Gasteiger partial charge in [-0.1, -0.05) is 44.2 Å². The minimum atomic E-state index is 0.345. The summed E-state index contributed by atoms with van der Waals surface area (Å²) in [6.45, 7) is 7.50. The maximum absolute atomic E-state index is 3.80. The molecule has 1 fully saturated rings. The Morgan fingerprint density at radius 3 is 2.86 bits per heavy atom. The van der Waals surface area contributed by atoms with E-state index in [1.54, 1.807) is 5.56 Å². The van der Waals surface area contributed by atoms with Crippen LogP contribution in [0.1, 0.15) is 44.0 Å². The molecule has 22 heavy (non-hydrogen) atoms. The Bertz CT molecular complexity index is 786. The molecule has 3 aliphatic rings. The number of para-hydroxylation sites is 1. The highest BCUT2D eigenvalue weighted by Gasteiger charge is 2.59. The number of aromatic nitrogens is 1. The fourth-order valence-electron chi connectivity index (χ4n) is 5.47. The first kappa shape index (κ1) is 13.0. The average molecular weight is 292 g/mol. The molecule has 3 heterocycles. The van der Waals surface area contributed by atoms with Crippen molar-refractivity contribution in [2.24, 2.45) is 10.8 Å². The van der Waals surface area contributed by atoms with E-state index in [2.05, 4.69) is 60.1 Å². The molecule has 1 aromatic heterocycles. The molecule has 5 rings (SSSR count). The Morgan fingerprint density at radius 1 is 1.14 bits per heavy atom. The van der Waals surface area contributed by atoms with Crippen LogP contribution in [0.4, 0.5) is 0 Å². The number of rotatable bonds is 0. The minimum Gasteiger partial charge on any atom is -0.357 e. The van der Waals surface area contributed by atoms with E-state index in [4.69, 9.17) is 0 Å². The van der Waals surface area contributed by atoms with Crippen molar-refractivity contribution in [1.29, 1.82) is 0 Å². The van der Waals surface area contributed by atoms with Gasteiger partial charge in [0.05, 0.1) is 6.04 Å². The molecule has 1 aromatic carbocycles. The van der Waals surface area contributed by atoms with Gasteiger partial charge in [0.1, 0.15) is 0 Å². The first-order chi connectivity index (χ1) is 10.6. The number of hydrogen-bond donors (Lipinski definition) is 1. The zero-order valence-electron chi connectivity index (χ0n) is 13.5. The molecular weight excluding hydrogens is 268 g/mol. The number of allylic oxidation sites excluding steroid dienone is 2. The number of nitrogens with one attached hydrogen (secondary N) is 1. The van der Waals surface area contributed by atoms with Crippen LogP contribution in [0.3, 0.4) is 0 Å². The van der Waals surface area contributed by atoms with E-state index >= 15 is 0 Å². The maximum atomic E-state index is 3.80. The number of nitrogens with zero attached hydrogens (tertiary/aromatic N) is 1. The van der Waals surface area contributed by atoms with Crippen LogP contribution in [0, 0.1) is 10.8 Å². The van der Waals surface area contributed by atoms with Crippen LogP contribution in [0.2, 0.25) is 0 Å². The second-order valence-corrected chi connectivity index (χ2v) is 8.04. The molecule has 2 aromatic rings. The Balaban J connectivity index is 1.74. The molecule has 3 atom stereocenters. The lowest BCUT2D eigenvalue weighted by Crippen LogP contribution is -2.40. The molecule has 114 valence electrons. The summed E-state index contributed by atoms with van der Waals surface area (Å²) in [6, 6.07) is 9.39. The quantitative estimate of drug-likeness (QED) is 0.711. The number of fused-ring (bicyclic) bond motifs is 7. The number of aromatic amines is 1. The molecular formula is C20H24N2. The van der Waals surface area contributed by atoms with Crippen LogP contribution in [0.5, 0.6) is 0 Å². The van der Waals surface area contributed by atoms with Crippen LogP contribution >= 0.6 is 0 Å². The molecule has 0 bridgehead atoms.